The van der Waals surface area contributed by atoms with Crippen LogP contribution in [0.1, 0.15) is 355 Å². The Morgan fingerprint density at radius 2 is 0.628 bits per heavy atom. The number of aldehydes is 1. The van der Waals surface area contributed by atoms with Gasteiger partial charge >= 0.3 is 33.6 Å². The molecule has 0 saturated heterocycles. The van der Waals surface area contributed by atoms with Crippen molar-refractivity contribution in [1.29, 1.82) is 0 Å². The molecule has 0 rings (SSSR count). The van der Waals surface area contributed by atoms with Crippen molar-refractivity contribution in [2.24, 2.45) is 0 Å². The number of carbonyl (C=O) groups excluding carboxylic acids is 4. The summed E-state index contributed by atoms with van der Waals surface area (Å²) in [6.45, 7) is 3.54. The number of aliphatic hydroxyl groups is 1. The highest BCUT2D eigenvalue weighted by molar-refractivity contribution is 7.47. The quantitative estimate of drug-likeness (QED) is 0.0128. The lowest BCUT2D eigenvalue weighted by Crippen LogP contribution is -2.30. The van der Waals surface area contributed by atoms with Gasteiger partial charge in [-0.1, -0.05) is 276 Å². The molecule has 19 heteroatoms. The minimum Gasteiger partial charge on any atom is -0.463 e. The molecule has 17 nitrogen and oxygen atoms in total. The van der Waals surface area contributed by atoms with Gasteiger partial charge in [0.25, 0.3) is 0 Å². The topological polar surface area (TPSA) is 237 Å². The number of allylic oxidation sites excluding steroid dienone is 6. The Morgan fingerprint density at radius 1 is 0.340 bits per heavy atom. The van der Waals surface area contributed by atoms with Gasteiger partial charge in [0, 0.05) is 32.3 Å². The first-order valence-electron chi connectivity index (χ1n) is 38.2. The predicted octanol–water partition coefficient (Wildman–Crippen LogP) is 21.2. The van der Waals surface area contributed by atoms with Gasteiger partial charge in [-0.25, -0.2) is 9.13 Å². The van der Waals surface area contributed by atoms with Gasteiger partial charge in [0.2, 0.25) is 0 Å². The molecule has 0 radical (unpaired) electrons. The summed E-state index contributed by atoms with van der Waals surface area (Å²) >= 11 is 0. The molecule has 3 N–H and O–H groups in total. The maximum Gasteiger partial charge on any atom is 0.472 e. The monoisotopic (exact) mass is 1370 g/mol. The Labute approximate surface area is 573 Å². The average molecular weight is 1380 g/mol. The zero-order valence-corrected chi connectivity index (χ0v) is 61.7. The molecule has 0 aliphatic carbocycles. The largest absolute Gasteiger partial charge is 0.472 e. The normalized spacial score (nSPS) is 14.2. The van der Waals surface area contributed by atoms with Crippen LogP contribution in [0.15, 0.2) is 36.5 Å². The van der Waals surface area contributed by atoms with Crippen molar-refractivity contribution in [3.63, 3.8) is 0 Å². The molecule has 2 unspecified atom stereocenters. The number of phosphoric ester groups is 2. The fourth-order valence-electron chi connectivity index (χ4n) is 10.7. The number of carbonyl (C=O) groups is 4. The lowest BCUT2D eigenvalue weighted by atomic mass is 10.0. The molecule has 0 aliphatic rings. The summed E-state index contributed by atoms with van der Waals surface area (Å²) < 4.78 is 69.1. The van der Waals surface area contributed by atoms with Gasteiger partial charge in [0.1, 0.15) is 31.7 Å². The Balaban J connectivity index is 5.24. The molecular weight excluding hydrogens is 1230 g/mol. The molecule has 0 bridgehead atoms. The Morgan fingerprint density at radius 3 is 1.02 bits per heavy atom. The molecule has 0 aromatic carbocycles. The molecule has 0 saturated carbocycles. The van der Waals surface area contributed by atoms with Crippen LogP contribution < -0.4 is 0 Å². The van der Waals surface area contributed by atoms with Gasteiger partial charge in [0.05, 0.1) is 26.4 Å². The molecule has 0 fully saturated rings. The van der Waals surface area contributed by atoms with Crippen LogP contribution in [0.5, 0.6) is 0 Å². The van der Waals surface area contributed by atoms with Crippen LogP contribution in [-0.4, -0.2) is 104 Å². The minimum absolute atomic E-state index is 0.0969. The van der Waals surface area contributed by atoms with Crippen LogP contribution in [0.25, 0.3) is 0 Å². The van der Waals surface area contributed by atoms with Gasteiger partial charge in [-0.2, -0.15) is 0 Å². The van der Waals surface area contributed by atoms with Crippen molar-refractivity contribution in [1.82, 2.24) is 0 Å². The molecule has 0 aliphatic heterocycles. The molecule has 0 heterocycles. The average Bonchev–Trinajstić information content (AvgIpc) is 2.00. The second-order valence-electron chi connectivity index (χ2n) is 25.9. The summed E-state index contributed by atoms with van der Waals surface area (Å²) in [5, 5.41) is 10.6. The smallest absolute Gasteiger partial charge is 0.463 e. The Kier molecular flexibility index (Phi) is 68.4. The van der Waals surface area contributed by atoms with Crippen LogP contribution in [0.3, 0.4) is 0 Å². The molecule has 0 aromatic rings. The first kappa shape index (κ1) is 91.4. The van der Waals surface area contributed by atoms with Gasteiger partial charge in [-0.05, 0) is 89.9 Å². The zero-order chi connectivity index (χ0) is 68.8. The fourth-order valence-corrected chi connectivity index (χ4v) is 12.3. The van der Waals surface area contributed by atoms with Crippen molar-refractivity contribution in [3.8, 4) is 0 Å². The highest BCUT2D eigenvalue weighted by Crippen LogP contribution is 2.45. The molecule has 94 heavy (non-hydrogen) atoms. The van der Waals surface area contributed by atoms with Gasteiger partial charge < -0.3 is 38.6 Å². The van der Waals surface area contributed by atoms with E-state index < -0.39 is 84.9 Å². The first-order chi connectivity index (χ1) is 45.8. The number of hydrogen-bond donors (Lipinski definition) is 3. The number of unbranched alkanes of at least 4 members (excludes halogenated alkanes) is 42. The summed E-state index contributed by atoms with van der Waals surface area (Å²) in [5.41, 5.74) is 0. The highest BCUT2D eigenvalue weighted by atomic mass is 31.2. The summed E-state index contributed by atoms with van der Waals surface area (Å²) in [5.74, 6) is -1.45. The highest BCUT2D eigenvalue weighted by Gasteiger charge is 2.30. The molecule has 0 amide bonds. The Hall–Kier alpha value is -2.56. The van der Waals surface area contributed by atoms with E-state index in [4.69, 9.17) is 37.0 Å². The second-order valence-corrected chi connectivity index (χ2v) is 28.8. The zero-order valence-electron chi connectivity index (χ0n) is 59.9. The van der Waals surface area contributed by atoms with Crippen LogP contribution in [0.2, 0.25) is 0 Å². The fraction of sp³-hybridized carbons (Fsp3) is 0.867. The maximum absolute atomic E-state index is 13.1. The second kappa shape index (κ2) is 70.3. The van der Waals surface area contributed by atoms with Crippen LogP contribution in [0.4, 0.5) is 0 Å². The summed E-state index contributed by atoms with van der Waals surface area (Å²) in [4.78, 5) is 70.3. The number of rotatable bonds is 75. The number of esters is 3. The van der Waals surface area contributed by atoms with Gasteiger partial charge in [-0.3, -0.25) is 32.5 Å². The van der Waals surface area contributed by atoms with Crippen molar-refractivity contribution >= 4 is 39.8 Å². The number of aliphatic hydroxyl groups excluding tert-OH is 1. The molecule has 0 spiro atoms. The third-order valence-electron chi connectivity index (χ3n) is 16.6. The minimum atomic E-state index is -4.93. The van der Waals surface area contributed by atoms with Crippen molar-refractivity contribution in [2.75, 3.05) is 46.2 Å². The van der Waals surface area contributed by atoms with Gasteiger partial charge in [-0.15, -0.1) is 0 Å². The van der Waals surface area contributed by atoms with Crippen LogP contribution in [0, 0.1) is 0 Å². The first-order valence-corrected chi connectivity index (χ1v) is 41.2. The van der Waals surface area contributed by atoms with E-state index in [-0.39, 0.29) is 25.9 Å². The summed E-state index contributed by atoms with van der Waals surface area (Å²) in [6, 6.07) is 0. The van der Waals surface area contributed by atoms with E-state index in [9.17, 15) is 43.2 Å². The lowest BCUT2D eigenvalue weighted by molar-refractivity contribution is -0.161. The van der Waals surface area contributed by atoms with Crippen molar-refractivity contribution in [3.05, 3.63) is 36.5 Å². The van der Waals surface area contributed by atoms with Crippen LogP contribution in [-0.2, 0) is 65.4 Å². The van der Waals surface area contributed by atoms with Crippen LogP contribution >= 0.6 is 15.6 Å². The van der Waals surface area contributed by atoms with E-state index in [1.807, 2.05) is 0 Å². The van der Waals surface area contributed by atoms with Crippen molar-refractivity contribution < 1.29 is 80.2 Å². The summed E-state index contributed by atoms with van der Waals surface area (Å²) in [6.07, 6.45) is 64.8. The predicted molar refractivity (Wildman–Crippen MR) is 382 cm³/mol. The molecule has 5 atom stereocenters. The third kappa shape index (κ3) is 69.3. The Bertz CT molecular complexity index is 1900. The van der Waals surface area contributed by atoms with E-state index in [0.717, 1.165) is 160 Å². The van der Waals surface area contributed by atoms with Crippen molar-refractivity contribution in [2.45, 2.75) is 373 Å². The van der Waals surface area contributed by atoms with E-state index in [0.29, 0.717) is 32.3 Å². The molecule has 0 aromatic heterocycles. The van der Waals surface area contributed by atoms with E-state index in [1.165, 1.54) is 135 Å². The van der Waals surface area contributed by atoms with Gasteiger partial charge in [0.15, 0.2) is 6.10 Å². The number of ether oxygens (including phenoxy) is 4. The lowest BCUT2D eigenvalue weighted by Gasteiger charge is -2.21. The number of hydrogen-bond acceptors (Lipinski definition) is 15. The summed E-state index contributed by atoms with van der Waals surface area (Å²) in [7, 11) is -9.78. The van der Waals surface area contributed by atoms with E-state index >= 15 is 0 Å². The third-order valence-corrected chi connectivity index (χ3v) is 18.5. The standard InChI is InChI=1S/C75H140O17P2/c1-4-7-10-13-16-19-22-25-26-31-36-41-46-51-56-61-75(80)92-72(67-87-74(79)60-55-50-45-40-35-30-24-21-18-15-12-9-6-3)69-91-94(83,84)89-65-70(77)64-88-93(81,82)90-68-71(85-63-58-53-48-43-38-33-28-27-32-37-42-47-52-57-62-76)66-86-73(78)59-54-49-44-39-34-29-23-20-17-14-11-8-5-2/h16,19,25-28,62,70-72,77H,4-15,17-18,20-24,29-61,63-69H2,1-3H3,(H,81,82)(H,83,84)/b19-16-,26-25-,28-27-/t70-,71+,72+/m0/s1. The maximum atomic E-state index is 13.1. The SMILES string of the molecule is CCCCC/C=C\C/C=C\CCCCCCCC(=O)O[C@H](COC(=O)CCCCCCCCCCCCCCC)COP(=O)(O)OC[C@@H](O)COP(=O)(O)OC[C@@H](COC(=O)CCCCCCCCCCCCCCC)OCCCCCCC/C=C\CCCCCCC=O. The molecule has 552 valence electrons. The molecular formula is C75H140O17P2. The van der Waals surface area contributed by atoms with E-state index in [1.54, 1.807) is 0 Å². The van der Waals surface area contributed by atoms with E-state index in [2.05, 4.69) is 57.2 Å². The number of phosphoric acid groups is 2.